The normalized spacial score (nSPS) is 10.4. The van der Waals surface area contributed by atoms with Crippen LogP contribution in [-0.2, 0) is 6.42 Å². The molecule has 0 amide bonds. The van der Waals surface area contributed by atoms with Crippen molar-refractivity contribution in [2.24, 2.45) is 0 Å². The second kappa shape index (κ2) is 4.79. The first kappa shape index (κ1) is 11.3. The Morgan fingerprint density at radius 1 is 1.06 bits per heavy atom. The highest BCUT2D eigenvalue weighted by Gasteiger charge is 2.02. The van der Waals surface area contributed by atoms with E-state index in [0.29, 0.717) is 0 Å². The molecule has 1 nitrogen and oxygen atoms in total. The molecule has 0 saturated carbocycles. The van der Waals surface area contributed by atoms with Crippen LogP contribution >= 0.6 is 15.9 Å². The first-order valence-corrected chi connectivity index (χ1v) is 6.10. The van der Waals surface area contributed by atoms with E-state index in [2.05, 4.69) is 59.0 Å². The van der Waals surface area contributed by atoms with Gasteiger partial charge >= 0.3 is 0 Å². The molecule has 0 bridgehead atoms. The maximum atomic E-state index is 4.25. The van der Waals surface area contributed by atoms with E-state index >= 15 is 0 Å². The average Bonchev–Trinajstić information content (AvgIpc) is 2.28. The Kier molecular flexibility index (Phi) is 3.39. The summed E-state index contributed by atoms with van der Waals surface area (Å²) in [6, 6.07) is 8.44. The zero-order valence-electron chi connectivity index (χ0n) is 9.50. The van der Waals surface area contributed by atoms with Gasteiger partial charge in [0.05, 0.1) is 0 Å². The molecule has 0 aliphatic carbocycles. The molecule has 16 heavy (non-hydrogen) atoms. The van der Waals surface area contributed by atoms with Gasteiger partial charge in [-0.1, -0.05) is 28.1 Å². The summed E-state index contributed by atoms with van der Waals surface area (Å²) in [5, 5.41) is 0. The van der Waals surface area contributed by atoms with Crippen LogP contribution in [0.1, 0.15) is 22.3 Å². The van der Waals surface area contributed by atoms with E-state index in [9.17, 15) is 0 Å². The Labute approximate surface area is 105 Å². The fraction of sp³-hybridized carbons (Fsp3) is 0.214. The summed E-state index contributed by atoms with van der Waals surface area (Å²) >= 11 is 3.44. The van der Waals surface area contributed by atoms with Crippen molar-refractivity contribution < 1.29 is 0 Å². The van der Waals surface area contributed by atoms with Crippen molar-refractivity contribution in [3.63, 3.8) is 0 Å². The van der Waals surface area contributed by atoms with Crippen molar-refractivity contribution in [1.82, 2.24) is 4.98 Å². The number of hydrogen-bond acceptors (Lipinski definition) is 1. The van der Waals surface area contributed by atoms with Gasteiger partial charge in [-0.15, -0.1) is 0 Å². The molecule has 0 N–H and O–H groups in total. The third kappa shape index (κ3) is 2.50. The van der Waals surface area contributed by atoms with Gasteiger partial charge in [-0.3, -0.25) is 4.98 Å². The van der Waals surface area contributed by atoms with Crippen molar-refractivity contribution in [3.8, 4) is 0 Å². The molecule has 1 aromatic carbocycles. The number of aryl methyl sites for hydroxylation is 1. The Bertz CT molecular complexity index is 489. The SMILES string of the molecule is Cc1cncc(Cc2ccc(Br)cc2)c1C. The van der Waals surface area contributed by atoms with Gasteiger partial charge in [0.15, 0.2) is 0 Å². The minimum absolute atomic E-state index is 0.952. The summed E-state index contributed by atoms with van der Waals surface area (Å²) < 4.78 is 1.12. The van der Waals surface area contributed by atoms with Crippen molar-refractivity contribution in [2.75, 3.05) is 0 Å². The Morgan fingerprint density at radius 3 is 2.44 bits per heavy atom. The molecule has 2 rings (SSSR count). The fourth-order valence-electron chi connectivity index (χ4n) is 1.69. The maximum Gasteiger partial charge on any atom is 0.0306 e. The standard InChI is InChI=1S/C14H14BrN/c1-10-8-16-9-13(11(10)2)7-12-3-5-14(15)6-4-12/h3-6,8-9H,7H2,1-2H3. The van der Waals surface area contributed by atoms with E-state index in [1.807, 2.05) is 12.4 Å². The molecule has 1 heterocycles. The van der Waals surface area contributed by atoms with E-state index in [4.69, 9.17) is 0 Å². The molecule has 2 aromatic rings. The topological polar surface area (TPSA) is 12.9 Å². The van der Waals surface area contributed by atoms with Crippen LogP contribution in [0.5, 0.6) is 0 Å². The van der Waals surface area contributed by atoms with Crippen LogP contribution in [0.25, 0.3) is 0 Å². The smallest absolute Gasteiger partial charge is 0.0306 e. The van der Waals surface area contributed by atoms with Gasteiger partial charge in [-0.25, -0.2) is 0 Å². The highest BCUT2D eigenvalue weighted by atomic mass is 79.9. The quantitative estimate of drug-likeness (QED) is 0.806. The van der Waals surface area contributed by atoms with E-state index < -0.39 is 0 Å². The number of rotatable bonds is 2. The van der Waals surface area contributed by atoms with E-state index in [1.54, 1.807) is 0 Å². The lowest BCUT2D eigenvalue weighted by Crippen LogP contribution is -1.95. The molecule has 82 valence electrons. The molecule has 0 aliphatic rings. The van der Waals surface area contributed by atoms with Crippen molar-refractivity contribution in [1.29, 1.82) is 0 Å². The molecule has 0 unspecified atom stereocenters. The van der Waals surface area contributed by atoms with Crippen LogP contribution in [-0.4, -0.2) is 4.98 Å². The first-order chi connectivity index (χ1) is 7.66. The van der Waals surface area contributed by atoms with Crippen LogP contribution in [0.3, 0.4) is 0 Å². The van der Waals surface area contributed by atoms with E-state index in [-0.39, 0.29) is 0 Å². The zero-order chi connectivity index (χ0) is 11.5. The fourth-order valence-corrected chi connectivity index (χ4v) is 1.95. The molecule has 0 fully saturated rings. The molecular weight excluding hydrogens is 262 g/mol. The predicted octanol–water partition coefficient (Wildman–Crippen LogP) is 4.05. The van der Waals surface area contributed by atoms with Crippen LogP contribution in [0, 0.1) is 13.8 Å². The van der Waals surface area contributed by atoms with Gasteiger partial charge in [-0.2, -0.15) is 0 Å². The number of pyridine rings is 1. The maximum absolute atomic E-state index is 4.25. The summed E-state index contributed by atoms with van der Waals surface area (Å²) in [7, 11) is 0. The van der Waals surface area contributed by atoms with Gasteiger partial charge < -0.3 is 0 Å². The molecule has 1 aromatic heterocycles. The minimum atomic E-state index is 0.952. The third-order valence-corrected chi connectivity index (χ3v) is 3.41. The van der Waals surface area contributed by atoms with Crippen LogP contribution in [0.15, 0.2) is 41.1 Å². The van der Waals surface area contributed by atoms with Gasteiger partial charge in [-0.05, 0) is 54.7 Å². The van der Waals surface area contributed by atoms with Crippen molar-refractivity contribution in [3.05, 3.63) is 63.4 Å². The van der Waals surface area contributed by atoms with E-state index in [0.717, 1.165) is 10.9 Å². The largest absolute Gasteiger partial charge is 0.264 e. The van der Waals surface area contributed by atoms with Gasteiger partial charge in [0.2, 0.25) is 0 Å². The van der Waals surface area contributed by atoms with Crippen LogP contribution in [0.4, 0.5) is 0 Å². The third-order valence-electron chi connectivity index (χ3n) is 2.88. The summed E-state index contributed by atoms with van der Waals surface area (Å²) in [4.78, 5) is 4.25. The van der Waals surface area contributed by atoms with E-state index in [1.165, 1.54) is 22.3 Å². The zero-order valence-corrected chi connectivity index (χ0v) is 11.1. The Morgan fingerprint density at radius 2 is 1.75 bits per heavy atom. The lowest BCUT2D eigenvalue weighted by Gasteiger charge is -2.07. The van der Waals surface area contributed by atoms with Crippen LogP contribution < -0.4 is 0 Å². The Balaban J connectivity index is 2.27. The molecule has 0 saturated heterocycles. The molecule has 0 radical (unpaired) electrons. The highest BCUT2D eigenvalue weighted by Crippen LogP contribution is 2.17. The molecule has 0 atom stereocenters. The minimum Gasteiger partial charge on any atom is -0.264 e. The second-order valence-electron chi connectivity index (χ2n) is 4.04. The number of benzene rings is 1. The lowest BCUT2D eigenvalue weighted by atomic mass is 10.0. The van der Waals surface area contributed by atoms with Crippen LogP contribution in [0.2, 0.25) is 0 Å². The van der Waals surface area contributed by atoms with Gasteiger partial charge in [0.1, 0.15) is 0 Å². The highest BCUT2D eigenvalue weighted by molar-refractivity contribution is 9.10. The van der Waals surface area contributed by atoms with Gasteiger partial charge in [0.25, 0.3) is 0 Å². The predicted molar refractivity (Wildman–Crippen MR) is 70.7 cm³/mol. The lowest BCUT2D eigenvalue weighted by molar-refractivity contribution is 1.08. The number of nitrogens with zero attached hydrogens (tertiary/aromatic N) is 1. The van der Waals surface area contributed by atoms with Crippen molar-refractivity contribution in [2.45, 2.75) is 20.3 Å². The van der Waals surface area contributed by atoms with Gasteiger partial charge in [0, 0.05) is 16.9 Å². The average molecular weight is 276 g/mol. The first-order valence-electron chi connectivity index (χ1n) is 5.31. The summed E-state index contributed by atoms with van der Waals surface area (Å²) in [6.45, 7) is 4.26. The summed E-state index contributed by atoms with van der Waals surface area (Å²) in [5.41, 5.74) is 5.23. The monoisotopic (exact) mass is 275 g/mol. The number of aromatic nitrogens is 1. The summed E-state index contributed by atoms with van der Waals surface area (Å²) in [6.07, 6.45) is 4.83. The Hall–Kier alpha value is -1.15. The number of hydrogen-bond donors (Lipinski definition) is 0. The molecule has 2 heteroatoms. The second-order valence-corrected chi connectivity index (χ2v) is 4.96. The van der Waals surface area contributed by atoms with Crippen molar-refractivity contribution >= 4 is 15.9 Å². The molecular formula is C14H14BrN. The molecule has 0 aliphatic heterocycles. The number of halogens is 1. The summed E-state index contributed by atoms with van der Waals surface area (Å²) in [5.74, 6) is 0. The molecule has 0 spiro atoms.